The normalized spacial score (nSPS) is 19.8. The van der Waals surface area contributed by atoms with Crippen molar-refractivity contribution in [1.82, 2.24) is 0 Å². The molecule has 11 heavy (non-hydrogen) atoms. The Kier molecular flexibility index (Phi) is 2.69. The smallest absolute Gasteiger partial charge is 0.135 e. The Balaban J connectivity index is 2.20. The van der Waals surface area contributed by atoms with Crippen LogP contribution in [-0.4, -0.2) is 5.78 Å². The molecule has 0 amide bonds. The first kappa shape index (κ1) is 8.76. The van der Waals surface area contributed by atoms with Crippen LogP contribution < -0.4 is 0 Å². The summed E-state index contributed by atoms with van der Waals surface area (Å²) in [6.07, 6.45) is 7.26. The van der Waals surface area contributed by atoms with Gasteiger partial charge in [0, 0.05) is 5.41 Å². The minimum atomic E-state index is 0.162. The van der Waals surface area contributed by atoms with Crippen molar-refractivity contribution in [2.24, 2.45) is 5.41 Å². The highest BCUT2D eigenvalue weighted by Gasteiger charge is 2.45. The predicted octanol–water partition coefficient (Wildman–Crippen LogP) is 2.94. The predicted molar refractivity (Wildman–Crippen MR) is 46.5 cm³/mol. The van der Waals surface area contributed by atoms with E-state index in [2.05, 4.69) is 6.92 Å². The highest BCUT2D eigenvalue weighted by molar-refractivity contribution is 5.84. The molecular formula is C10H18O. The number of hydrogen-bond acceptors (Lipinski definition) is 1. The minimum Gasteiger partial charge on any atom is -0.299 e. The Labute approximate surface area is 69.2 Å². The van der Waals surface area contributed by atoms with E-state index in [9.17, 15) is 4.79 Å². The maximum atomic E-state index is 11.1. The van der Waals surface area contributed by atoms with Crippen LogP contribution in [0.1, 0.15) is 52.4 Å². The molecule has 0 saturated heterocycles. The fourth-order valence-electron chi connectivity index (χ4n) is 1.64. The first-order valence-electron chi connectivity index (χ1n) is 4.72. The largest absolute Gasteiger partial charge is 0.299 e. The van der Waals surface area contributed by atoms with E-state index in [4.69, 9.17) is 0 Å². The first-order chi connectivity index (χ1) is 5.21. The Bertz CT molecular complexity index is 145. The minimum absolute atomic E-state index is 0.162. The number of carbonyl (C=O) groups excluding carboxylic acids is 1. The van der Waals surface area contributed by atoms with Crippen molar-refractivity contribution in [3.8, 4) is 0 Å². The average Bonchev–Trinajstić information content (AvgIpc) is 2.70. The SMILES string of the molecule is CCCCCC1(C(C)=O)CC1. The quantitative estimate of drug-likeness (QED) is 0.556. The third-order valence-electron chi connectivity index (χ3n) is 2.86. The second-order valence-corrected chi connectivity index (χ2v) is 3.79. The van der Waals surface area contributed by atoms with Crippen LogP contribution in [0.15, 0.2) is 0 Å². The molecule has 1 saturated carbocycles. The maximum absolute atomic E-state index is 11.1. The van der Waals surface area contributed by atoms with Crippen molar-refractivity contribution in [2.45, 2.75) is 52.4 Å². The molecule has 0 N–H and O–H groups in total. The molecule has 0 bridgehead atoms. The van der Waals surface area contributed by atoms with E-state index in [1.165, 1.54) is 19.3 Å². The molecule has 0 radical (unpaired) electrons. The summed E-state index contributed by atoms with van der Waals surface area (Å²) in [5.41, 5.74) is 0.162. The summed E-state index contributed by atoms with van der Waals surface area (Å²) in [7, 11) is 0. The summed E-state index contributed by atoms with van der Waals surface area (Å²) >= 11 is 0. The van der Waals surface area contributed by atoms with E-state index < -0.39 is 0 Å². The topological polar surface area (TPSA) is 17.1 Å². The molecule has 0 atom stereocenters. The van der Waals surface area contributed by atoms with Gasteiger partial charge in [-0.25, -0.2) is 0 Å². The number of carbonyl (C=O) groups is 1. The summed E-state index contributed by atoms with van der Waals surface area (Å²) in [4.78, 5) is 11.1. The lowest BCUT2D eigenvalue weighted by atomic mass is 9.95. The van der Waals surface area contributed by atoms with Gasteiger partial charge in [-0.3, -0.25) is 4.79 Å². The van der Waals surface area contributed by atoms with Crippen LogP contribution in [0.2, 0.25) is 0 Å². The van der Waals surface area contributed by atoms with E-state index in [1.54, 1.807) is 6.92 Å². The van der Waals surface area contributed by atoms with Crippen molar-refractivity contribution in [3.05, 3.63) is 0 Å². The second-order valence-electron chi connectivity index (χ2n) is 3.79. The van der Waals surface area contributed by atoms with Crippen molar-refractivity contribution < 1.29 is 4.79 Å². The summed E-state index contributed by atoms with van der Waals surface area (Å²) in [6, 6.07) is 0. The van der Waals surface area contributed by atoms with Gasteiger partial charge in [0.05, 0.1) is 0 Å². The van der Waals surface area contributed by atoms with Gasteiger partial charge in [0.15, 0.2) is 0 Å². The third kappa shape index (κ3) is 2.05. The van der Waals surface area contributed by atoms with Gasteiger partial charge >= 0.3 is 0 Å². The molecule has 0 aliphatic heterocycles. The van der Waals surface area contributed by atoms with E-state index >= 15 is 0 Å². The molecule has 1 aliphatic carbocycles. The molecule has 1 fully saturated rings. The summed E-state index contributed by atoms with van der Waals surface area (Å²) in [5.74, 6) is 0.425. The van der Waals surface area contributed by atoms with Crippen LogP contribution in [0.25, 0.3) is 0 Å². The van der Waals surface area contributed by atoms with Gasteiger partial charge in [0.25, 0.3) is 0 Å². The van der Waals surface area contributed by atoms with Gasteiger partial charge in [-0.1, -0.05) is 26.2 Å². The van der Waals surface area contributed by atoms with Crippen molar-refractivity contribution in [2.75, 3.05) is 0 Å². The number of unbranched alkanes of at least 4 members (excludes halogenated alkanes) is 2. The van der Waals surface area contributed by atoms with Gasteiger partial charge in [-0.2, -0.15) is 0 Å². The van der Waals surface area contributed by atoms with Crippen LogP contribution in [0.4, 0.5) is 0 Å². The van der Waals surface area contributed by atoms with E-state index in [-0.39, 0.29) is 5.41 Å². The van der Waals surface area contributed by atoms with Gasteiger partial charge < -0.3 is 0 Å². The van der Waals surface area contributed by atoms with Crippen molar-refractivity contribution in [1.29, 1.82) is 0 Å². The molecule has 0 aromatic heterocycles. The number of ketones is 1. The standard InChI is InChI=1S/C10H18O/c1-3-4-5-6-10(7-8-10)9(2)11/h3-8H2,1-2H3. The van der Waals surface area contributed by atoms with E-state index in [0.29, 0.717) is 5.78 Å². The summed E-state index contributed by atoms with van der Waals surface area (Å²) < 4.78 is 0. The molecule has 0 heterocycles. The number of hydrogen-bond donors (Lipinski definition) is 0. The Morgan fingerprint density at radius 1 is 1.36 bits per heavy atom. The lowest BCUT2D eigenvalue weighted by molar-refractivity contribution is -0.122. The van der Waals surface area contributed by atoms with Crippen LogP contribution in [0.5, 0.6) is 0 Å². The lowest BCUT2D eigenvalue weighted by Crippen LogP contribution is -2.11. The van der Waals surface area contributed by atoms with Crippen LogP contribution in [0.3, 0.4) is 0 Å². The van der Waals surface area contributed by atoms with Crippen LogP contribution >= 0.6 is 0 Å². The van der Waals surface area contributed by atoms with Gasteiger partial charge in [0.1, 0.15) is 5.78 Å². The van der Waals surface area contributed by atoms with Gasteiger partial charge in [-0.05, 0) is 26.2 Å². The van der Waals surface area contributed by atoms with Crippen molar-refractivity contribution in [3.63, 3.8) is 0 Å². The van der Waals surface area contributed by atoms with Crippen LogP contribution in [0, 0.1) is 5.41 Å². The zero-order valence-corrected chi connectivity index (χ0v) is 7.65. The molecule has 0 spiro atoms. The molecular weight excluding hydrogens is 136 g/mol. The first-order valence-corrected chi connectivity index (χ1v) is 4.72. The maximum Gasteiger partial charge on any atom is 0.135 e. The molecule has 1 rings (SSSR count). The van der Waals surface area contributed by atoms with E-state index in [1.807, 2.05) is 0 Å². The molecule has 0 aromatic rings. The molecule has 1 heteroatoms. The number of Topliss-reactive ketones (excluding diaryl/α,β-unsaturated/α-hetero) is 1. The highest BCUT2D eigenvalue weighted by Crippen LogP contribution is 2.50. The zero-order valence-electron chi connectivity index (χ0n) is 7.65. The molecule has 64 valence electrons. The molecule has 0 aromatic carbocycles. The fourth-order valence-corrected chi connectivity index (χ4v) is 1.64. The highest BCUT2D eigenvalue weighted by atomic mass is 16.1. The fraction of sp³-hybridized carbons (Fsp3) is 0.900. The van der Waals surface area contributed by atoms with Crippen molar-refractivity contribution >= 4 is 5.78 Å². The summed E-state index contributed by atoms with van der Waals surface area (Å²) in [5, 5.41) is 0. The molecule has 0 unspecified atom stereocenters. The zero-order chi connectivity index (χ0) is 8.32. The molecule has 1 nitrogen and oxygen atoms in total. The Morgan fingerprint density at radius 2 is 2.00 bits per heavy atom. The lowest BCUT2D eigenvalue weighted by Gasteiger charge is -2.09. The molecule has 1 aliphatic rings. The summed E-state index contributed by atoms with van der Waals surface area (Å²) in [6.45, 7) is 3.95. The van der Waals surface area contributed by atoms with Gasteiger partial charge in [0.2, 0.25) is 0 Å². The Hall–Kier alpha value is -0.330. The second kappa shape index (κ2) is 3.38. The third-order valence-corrected chi connectivity index (χ3v) is 2.86. The van der Waals surface area contributed by atoms with Gasteiger partial charge in [-0.15, -0.1) is 0 Å². The Morgan fingerprint density at radius 3 is 2.36 bits per heavy atom. The monoisotopic (exact) mass is 154 g/mol. The average molecular weight is 154 g/mol. The van der Waals surface area contributed by atoms with E-state index in [0.717, 1.165) is 19.3 Å². The number of rotatable bonds is 5. The van der Waals surface area contributed by atoms with Crippen LogP contribution in [-0.2, 0) is 4.79 Å².